The van der Waals surface area contributed by atoms with Crippen LogP contribution in [0.4, 0.5) is 4.39 Å². The second kappa shape index (κ2) is 10.5. The van der Waals surface area contributed by atoms with Gasteiger partial charge < -0.3 is 4.74 Å². The monoisotopic (exact) mass is 507 g/mol. The number of ether oxygens (including phenoxy) is 1. The first-order valence-corrected chi connectivity index (χ1v) is 11.6. The molecule has 0 N–H and O–H groups in total. The number of fused-ring (bicyclic) bond motifs is 1. The summed E-state index contributed by atoms with van der Waals surface area (Å²) in [5.74, 6) is 0.964. The maximum Gasteiger partial charge on any atom is 0.282 e. The van der Waals surface area contributed by atoms with Gasteiger partial charge in [-0.3, -0.25) is 4.79 Å². The van der Waals surface area contributed by atoms with Gasteiger partial charge in [0.1, 0.15) is 24.0 Å². The van der Waals surface area contributed by atoms with E-state index < -0.39 is 0 Å². The SMILES string of the molecule is CCCCc1nc2ccc(Br)cc2c(=O)n1N=Cc1cccc(OCc2cccc(F)c2)c1. The largest absolute Gasteiger partial charge is 0.489 e. The average Bonchev–Trinajstić information content (AvgIpc) is 2.82. The number of aryl methyl sites for hydroxylation is 1. The van der Waals surface area contributed by atoms with Crippen LogP contribution in [-0.4, -0.2) is 15.9 Å². The number of unbranched alkanes of at least 4 members (excludes halogenated alkanes) is 1. The van der Waals surface area contributed by atoms with Crippen molar-refractivity contribution in [3.05, 3.63) is 104 Å². The Bertz CT molecular complexity index is 1370. The fourth-order valence-corrected chi connectivity index (χ4v) is 3.77. The summed E-state index contributed by atoms with van der Waals surface area (Å²) in [6.45, 7) is 2.35. The van der Waals surface area contributed by atoms with Gasteiger partial charge >= 0.3 is 0 Å². The first-order valence-electron chi connectivity index (χ1n) is 10.8. The van der Waals surface area contributed by atoms with Gasteiger partial charge in [-0.05, 0) is 60.0 Å². The normalized spacial score (nSPS) is 11.4. The van der Waals surface area contributed by atoms with Gasteiger partial charge in [-0.25, -0.2) is 9.37 Å². The Morgan fingerprint density at radius 3 is 2.79 bits per heavy atom. The Kier molecular flexibility index (Phi) is 7.29. The molecule has 5 nitrogen and oxygen atoms in total. The van der Waals surface area contributed by atoms with Gasteiger partial charge in [-0.2, -0.15) is 9.78 Å². The maximum atomic E-state index is 13.4. The first-order chi connectivity index (χ1) is 16.0. The lowest BCUT2D eigenvalue weighted by atomic mass is 10.2. The number of hydrogen-bond acceptors (Lipinski definition) is 4. The van der Waals surface area contributed by atoms with Crippen LogP contribution in [0.25, 0.3) is 10.9 Å². The molecule has 0 unspecified atom stereocenters. The van der Waals surface area contributed by atoms with Crippen molar-refractivity contribution in [3.63, 3.8) is 0 Å². The molecule has 3 aromatic carbocycles. The molecule has 168 valence electrons. The van der Waals surface area contributed by atoms with Crippen LogP contribution in [0.3, 0.4) is 0 Å². The molecule has 1 aromatic heterocycles. The highest BCUT2D eigenvalue weighted by Gasteiger charge is 2.11. The molecule has 0 saturated heterocycles. The molecule has 0 amide bonds. The molecule has 0 aliphatic heterocycles. The van der Waals surface area contributed by atoms with E-state index in [1.54, 1.807) is 18.3 Å². The predicted octanol–water partition coefficient (Wildman–Crippen LogP) is 6.10. The van der Waals surface area contributed by atoms with E-state index in [4.69, 9.17) is 4.74 Å². The average molecular weight is 508 g/mol. The molecule has 0 aliphatic rings. The smallest absolute Gasteiger partial charge is 0.282 e. The van der Waals surface area contributed by atoms with Crippen molar-refractivity contribution < 1.29 is 9.13 Å². The molecule has 7 heteroatoms. The van der Waals surface area contributed by atoms with Gasteiger partial charge in [0.2, 0.25) is 0 Å². The van der Waals surface area contributed by atoms with E-state index in [1.807, 2.05) is 42.5 Å². The van der Waals surface area contributed by atoms with Crippen molar-refractivity contribution in [1.82, 2.24) is 9.66 Å². The van der Waals surface area contributed by atoms with Gasteiger partial charge in [0.25, 0.3) is 5.56 Å². The predicted molar refractivity (Wildman–Crippen MR) is 132 cm³/mol. The molecule has 0 bridgehead atoms. The van der Waals surface area contributed by atoms with Crippen LogP contribution in [0.1, 0.15) is 36.7 Å². The summed E-state index contributed by atoms with van der Waals surface area (Å²) in [6.07, 6.45) is 4.18. The summed E-state index contributed by atoms with van der Waals surface area (Å²) in [5.41, 5.74) is 1.97. The number of aromatic nitrogens is 2. The highest BCUT2D eigenvalue weighted by Crippen LogP contribution is 2.18. The molecule has 1 heterocycles. The second-order valence-corrected chi connectivity index (χ2v) is 8.56. The zero-order chi connectivity index (χ0) is 23.2. The number of benzene rings is 3. The topological polar surface area (TPSA) is 56.5 Å². The molecular formula is C26H23BrFN3O2. The third-order valence-corrected chi connectivity index (χ3v) is 5.60. The zero-order valence-corrected chi connectivity index (χ0v) is 19.8. The summed E-state index contributed by atoms with van der Waals surface area (Å²) in [7, 11) is 0. The molecule has 33 heavy (non-hydrogen) atoms. The molecular weight excluding hydrogens is 485 g/mol. The molecule has 0 aliphatic carbocycles. The van der Waals surface area contributed by atoms with Crippen molar-refractivity contribution >= 4 is 33.0 Å². The van der Waals surface area contributed by atoms with Crippen molar-refractivity contribution in [2.45, 2.75) is 32.8 Å². The van der Waals surface area contributed by atoms with Crippen molar-refractivity contribution in [2.24, 2.45) is 5.10 Å². The Balaban J connectivity index is 1.61. The van der Waals surface area contributed by atoms with Crippen LogP contribution >= 0.6 is 15.9 Å². The van der Waals surface area contributed by atoms with E-state index in [0.29, 0.717) is 28.9 Å². The Labute approximate surface area is 199 Å². The van der Waals surface area contributed by atoms with E-state index in [9.17, 15) is 9.18 Å². The van der Waals surface area contributed by atoms with Gasteiger partial charge in [0, 0.05) is 10.9 Å². The van der Waals surface area contributed by atoms with E-state index in [2.05, 4.69) is 32.9 Å². The molecule has 0 fully saturated rings. The molecule has 4 aromatic rings. The zero-order valence-electron chi connectivity index (χ0n) is 18.2. The minimum absolute atomic E-state index is 0.206. The standard InChI is InChI=1S/C26H23BrFN3O2/c1-2-3-10-25-30-24-12-11-20(27)15-23(24)26(32)31(25)29-16-18-6-5-9-22(14-18)33-17-19-7-4-8-21(28)13-19/h4-9,11-16H,2-3,10,17H2,1H3. The first kappa shape index (κ1) is 22.9. The van der Waals surface area contributed by atoms with Crippen LogP contribution in [0.15, 0.2) is 81.1 Å². The van der Waals surface area contributed by atoms with Gasteiger partial charge in [-0.15, -0.1) is 0 Å². The van der Waals surface area contributed by atoms with E-state index in [1.165, 1.54) is 16.8 Å². The minimum atomic E-state index is -0.294. The number of rotatable bonds is 8. The summed E-state index contributed by atoms with van der Waals surface area (Å²) >= 11 is 3.42. The van der Waals surface area contributed by atoms with Gasteiger partial charge in [0.15, 0.2) is 0 Å². The second-order valence-electron chi connectivity index (χ2n) is 7.65. The fourth-order valence-electron chi connectivity index (χ4n) is 3.41. The fraction of sp³-hybridized carbons (Fsp3) is 0.192. The third kappa shape index (κ3) is 5.73. The highest BCUT2D eigenvalue weighted by atomic mass is 79.9. The van der Waals surface area contributed by atoms with Gasteiger partial charge in [-0.1, -0.05) is 53.5 Å². The Hall–Kier alpha value is -3.32. The van der Waals surface area contributed by atoms with Gasteiger partial charge in [0.05, 0.1) is 17.1 Å². The van der Waals surface area contributed by atoms with E-state index in [0.717, 1.165) is 28.4 Å². The lowest BCUT2D eigenvalue weighted by Gasteiger charge is -2.09. The van der Waals surface area contributed by atoms with Crippen molar-refractivity contribution in [3.8, 4) is 5.75 Å². The lowest BCUT2D eigenvalue weighted by Crippen LogP contribution is -2.22. The summed E-state index contributed by atoms with van der Waals surface area (Å²) in [5, 5.41) is 4.98. The summed E-state index contributed by atoms with van der Waals surface area (Å²) < 4.78 is 21.4. The third-order valence-electron chi connectivity index (χ3n) is 5.10. The van der Waals surface area contributed by atoms with Crippen LogP contribution in [0.5, 0.6) is 5.75 Å². The molecule has 4 rings (SSSR count). The number of hydrogen-bond donors (Lipinski definition) is 0. The molecule has 0 radical (unpaired) electrons. The van der Waals surface area contributed by atoms with E-state index >= 15 is 0 Å². The van der Waals surface area contributed by atoms with Crippen molar-refractivity contribution in [1.29, 1.82) is 0 Å². The molecule has 0 spiro atoms. The van der Waals surface area contributed by atoms with Crippen LogP contribution in [0, 0.1) is 5.82 Å². The van der Waals surface area contributed by atoms with Crippen LogP contribution in [-0.2, 0) is 13.0 Å². The van der Waals surface area contributed by atoms with Crippen LogP contribution < -0.4 is 10.3 Å². The number of nitrogens with zero attached hydrogens (tertiary/aromatic N) is 3. The quantitative estimate of drug-likeness (QED) is 0.270. The van der Waals surface area contributed by atoms with Crippen molar-refractivity contribution in [2.75, 3.05) is 0 Å². The highest BCUT2D eigenvalue weighted by molar-refractivity contribution is 9.10. The Morgan fingerprint density at radius 1 is 1.12 bits per heavy atom. The minimum Gasteiger partial charge on any atom is -0.489 e. The van der Waals surface area contributed by atoms with E-state index in [-0.39, 0.29) is 18.0 Å². The Morgan fingerprint density at radius 2 is 1.97 bits per heavy atom. The lowest BCUT2D eigenvalue weighted by molar-refractivity contribution is 0.305. The molecule has 0 saturated carbocycles. The number of halogens is 2. The maximum absolute atomic E-state index is 13.4. The summed E-state index contributed by atoms with van der Waals surface area (Å²) in [4.78, 5) is 17.9. The summed E-state index contributed by atoms with van der Waals surface area (Å²) in [6, 6.07) is 19.2. The molecule has 0 atom stereocenters. The van der Waals surface area contributed by atoms with Crippen LogP contribution in [0.2, 0.25) is 0 Å².